The van der Waals surface area contributed by atoms with E-state index in [0.29, 0.717) is 5.92 Å². The summed E-state index contributed by atoms with van der Waals surface area (Å²) in [6.45, 7) is 14.5. The van der Waals surface area contributed by atoms with Crippen LogP contribution in [0, 0.1) is 17.8 Å². The Morgan fingerprint density at radius 2 is 1.38 bits per heavy atom. The van der Waals surface area contributed by atoms with Gasteiger partial charge in [-0.3, -0.25) is 0 Å². The van der Waals surface area contributed by atoms with Gasteiger partial charge >= 0.3 is 0 Å². The fourth-order valence-electron chi connectivity index (χ4n) is 0.348. The van der Waals surface area contributed by atoms with Crippen LogP contribution in [0.4, 0.5) is 0 Å². The highest BCUT2D eigenvalue weighted by molar-refractivity contribution is 4.98. The number of hydrogen-bond donors (Lipinski definition) is 0. The van der Waals surface area contributed by atoms with Crippen LogP contribution in [-0.2, 0) is 0 Å². The summed E-state index contributed by atoms with van der Waals surface area (Å²) in [6.07, 6.45) is 3.81. The zero-order valence-electron chi connectivity index (χ0n) is 10.7. The van der Waals surface area contributed by atoms with Gasteiger partial charge in [-0.2, -0.15) is 0 Å². The van der Waals surface area contributed by atoms with E-state index in [0.717, 1.165) is 0 Å². The van der Waals surface area contributed by atoms with E-state index >= 15 is 0 Å². The number of rotatable bonds is 2. The van der Waals surface area contributed by atoms with Crippen LogP contribution in [0.5, 0.6) is 0 Å². The van der Waals surface area contributed by atoms with Gasteiger partial charge in [-0.05, 0) is 13.3 Å². The molecule has 0 aromatic heterocycles. The van der Waals surface area contributed by atoms with Crippen LogP contribution in [0.3, 0.4) is 0 Å². The maximum atomic E-state index is 3.05. The predicted molar refractivity (Wildman–Crippen MR) is 64.8 cm³/mol. The van der Waals surface area contributed by atoms with Crippen molar-refractivity contribution >= 4 is 0 Å². The lowest BCUT2D eigenvalue weighted by Crippen LogP contribution is -1.83. The Labute approximate surface area is 86.1 Å². The Kier molecular flexibility index (Phi) is 31.9. The minimum absolute atomic E-state index is 0.588. The highest BCUT2D eigenvalue weighted by Gasteiger charge is 1.86. The van der Waals surface area contributed by atoms with Crippen molar-refractivity contribution in [1.82, 2.24) is 0 Å². The number of unbranched alkanes of at least 4 members (excludes halogenated alkanes) is 1. The fourth-order valence-corrected chi connectivity index (χ4v) is 0.348. The van der Waals surface area contributed by atoms with E-state index in [9.17, 15) is 0 Å². The summed E-state index contributed by atoms with van der Waals surface area (Å²) in [5, 5.41) is 0. The van der Waals surface area contributed by atoms with Gasteiger partial charge in [-0.25, -0.2) is 0 Å². The van der Waals surface area contributed by atoms with E-state index < -0.39 is 0 Å². The lowest BCUT2D eigenvalue weighted by molar-refractivity contribution is 0.723. The van der Waals surface area contributed by atoms with Crippen LogP contribution >= 0.6 is 0 Å². The van der Waals surface area contributed by atoms with Crippen LogP contribution in [0.15, 0.2) is 0 Å². The molecule has 0 N–H and O–H groups in total. The summed E-state index contributed by atoms with van der Waals surface area (Å²) >= 11 is 0. The quantitative estimate of drug-likeness (QED) is 0.536. The van der Waals surface area contributed by atoms with Crippen LogP contribution < -0.4 is 0 Å². The van der Waals surface area contributed by atoms with Crippen molar-refractivity contribution in [1.29, 1.82) is 0 Å². The van der Waals surface area contributed by atoms with Crippen LogP contribution in [0.2, 0.25) is 0 Å². The molecule has 0 saturated heterocycles. The molecule has 1 unspecified atom stereocenters. The normalized spacial score (nSPS) is 9.15. The van der Waals surface area contributed by atoms with Gasteiger partial charge in [0, 0.05) is 5.92 Å². The Balaban J connectivity index is -0.000000142. The minimum Gasteiger partial charge on any atom is -0.106 e. The molecule has 0 saturated carbocycles. The lowest BCUT2D eigenvalue weighted by atomic mass is 10.1. The van der Waals surface area contributed by atoms with E-state index in [4.69, 9.17) is 0 Å². The van der Waals surface area contributed by atoms with Gasteiger partial charge in [0.25, 0.3) is 0 Å². The first-order chi connectivity index (χ1) is 6.22. The van der Waals surface area contributed by atoms with E-state index in [1.54, 1.807) is 0 Å². The largest absolute Gasteiger partial charge is 0.106 e. The lowest BCUT2D eigenvalue weighted by Gasteiger charge is -1.91. The highest BCUT2D eigenvalue weighted by Crippen LogP contribution is 1.95. The van der Waals surface area contributed by atoms with Crippen LogP contribution in [0.25, 0.3) is 0 Å². The van der Waals surface area contributed by atoms with E-state index in [2.05, 4.69) is 39.5 Å². The van der Waals surface area contributed by atoms with Crippen molar-refractivity contribution in [3.63, 3.8) is 0 Å². The topological polar surface area (TPSA) is 0 Å². The second-order valence-corrected chi connectivity index (χ2v) is 2.70. The Bertz CT molecular complexity index is 101. The maximum absolute atomic E-state index is 3.05. The number of hydrogen-bond acceptors (Lipinski definition) is 0. The molecule has 0 nitrogen and oxygen atoms in total. The van der Waals surface area contributed by atoms with Gasteiger partial charge in [-0.15, -0.1) is 11.8 Å². The third kappa shape index (κ3) is 34.2. The molecule has 0 bridgehead atoms. The molecule has 0 aliphatic heterocycles. The van der Waals surface area contributed by atoms with E-state index in [1.807, 2.05) is 20.8 Å². The Morgan fingerprint density at radius 3 is 1.46 bits per heavy atom. The molecule has 0 aromatic rings. The average molecular weight is 184 g/mol. The second-order valence-electron chi connectivity index (χ2n) is 2.70. The molecule has 1 atom stereocenters. The molecule has 0 aliphatic rings. The molecule has 0 amide bonds. The van der Waals surface area contributed by atoms with Crippen molar-refractivity contribution in [2.75, 3.05) is 0 Å². The maximum Gasteiger partial charge on any atom is 0.0171 e. The first kappa shape index (κ1) is 18.4. The summed E-state index contributed by atoms with van der Waals surface area (Å²) in [5.41, 5.74) is 0. The standard InChI is InChI=1S/C7H12.C4H10.C2H6/c1-4-6-7(3)5-2;1-3-4-2;1-2/h7H,5H2,1-3H3;3-4H2,1-2H3;1-2H3. The summed E-state index contributed by atoms with van der Waals surface area (Å²) in [6, 6.07) is 0. The fraction of sp³-hybridized carbons (Fsp3) is 0.846. The van der Waals surface area contributed by atoms with Crippen molar-refractivity contribution in [3.05, 3.63) is 0 Å². The van der Waals surface area contributed by atoms with Crippen molar-refractivity contribution in [3.8, 4) is 11.8 Å². The zero-order chi connectivity index (χ0) is 11.1. The Morgan fingerprint density at radius 1 is 1.00 bits per heavy atom. The first-order valence-corrected chi connectivity index (χ1v) is 5.65. The predicted octanol–water partition coefficient (Wildman–Crippen LogP) is 4.89. The van der Waals surface area contributed by atoms with Crippen LogP contribution in [0.1, 0.15) is 67.7 Å². The molecule has 0 aliphatic carbocycles. The molecule has 0 rings (SSSR count). The van der Waals surface area contributed by atoms with E-state index in [1.165, 1.54) is 19.3 Å². The van der Waals surface area contributed by atoms with Crippen LogP contribution in [-0.4, -0.2) is 0 Å². The minimum atomic E-state index is 0.588. The van der Waals surface area contributed by atoms with Gasteiger partial charge in [0.15, 0.2) is 0 Å². The third-order valence-electron chi connectivity index (χ3n) is 1.50. The van der Waals surface area contributed by atoms with Crippen molar-refractivity contribution in [2.24, 2.45) is 5.92 Å². The molecule has 13 heavy (non-hydrogen) atoms. The van der Waals surface area contributed by atoms with Gasteiger partial charge in [0.1, 0.15) is 0 Å². The Hall–Kier alpha value is -0.440. The first-order valence-electron chi connectivity index (χ1n) is 5.65. The monoisotopic (exact) mass is 184 g/mol. The van der Waals surface area contributed by atoms with Gasteiger partial charge in [-0.1, -0.05) is 54.4 Å². The summed E-state index contributed by atoms with van der Waals surface area (Å²) in [4.78, 5) is 0. The second kappa shape index (κ2) is 22.6. The highest BCUT2D eigenvalue weighted by atomic mass is 13.9. The zero-order valence-corrected chi connectivity index (χ0v) is 10.7. The molecule has 0 aromatic carbocycles. The molecule has 0 radical (unpaired) electrons. The van der Waals surface area contributed by atoms with E-state index in [-0.39, 0.29) is 0 Å². The summed E-state index contributed by atoms with van der Waals surface area (Å²) < 4.78 is 0. The average Bonchev–Trinajstić information content (AvgIpc) is 2.21. The molecular weight excluding hydrogens is 156 g/mol. The molecule has 0 spiro atoms. The van der Waals surface area contributed by atoms with Crippen molar-refractivity contribution in [2.45, 2.75) is 67.7 Å². The SMILES string of the molecule is CC.CC#CC(C)CC.CCCC. The molecule has 0 heterocycles. The van der Waals surface area contributed by atoms with Gasteiger partial charge in [0.2, 0.25) is 0 Å². The summed E-state index contributed by atoms with van der Waals surface area (Å²) in [5.74, 6) is 6.50. The third-order valence-corrected chi connectivity index (χ3v) is 1.50. The van der Waals surface area contributed by atoms with Gasteiger partial charge < -0.3 is 0 Å². The van der Waals surface area contributed by atoms with Crippen molar-refractivity contribution < 1.29 is 0 Å². The molecule has 0 heteroatoms. The van der Waals surface area contributed by atoms with Gasteiger partial charge in [0.05, 0.1) is 0 Å². The molecule has 0 fully saturated rings. The smallest absolute Gasteiger partial charge is 0.0171 e. The molecule has 80 valence electrons. The summed E-state index contributed by atoms with van der Waals surface area (Å²) in [7, 11) is 0. The molecular formula is C13H28.